The second-order valence-corrected chi connectivity index (χ2v) is 10.3. The molecule has 0 unspecified atom stereocenters. The van der Waals surface area contributed by atoms with Crippen molar-refractivity contribution < 1.29 is 13.2 Å². The third kappa shape index (κ3) is 4.77. The number of aryl methyl sites for hydroxylation is 3. The topological polar surface area (TPSA) is 66.5 Å². The number of carbonyl (C=O) groups excluding carboxylic acids is 1. The molecular weight excluding hydrogens is 431 g/mol. The molecule has 0 radical (unpaired) electrons. The third-order valence-electron chi connectivity index (χ3n) is 5.14. The van der Waals surface area contributed by atoms with Gasteiger partial charge in [-0.05, 0) is 62.9 Å². The summed E-state index contributed by atoms with van der Waals surface area (Å²) in [5.74, 6) is -0.717. The summed E-state index contributed by atoms with van der Waals surface area (Å²) >= 11 is 12.1. The molecule has 2 aromatic rings. The number of benzene rings is 2. The molecule has 1 heterocycles. The molecule has 1 aliphatic rings. The number of anilines is 1. The molecule has 8 heteroatoms. The molecule has 0 bridgehead atoms. The quantitative estimate of drug-likeness (QED) is 0.709. The van der Waals surface area contributed by atoms with E-state index in [9.17, 15) is 13.2 Å². The van der Waals surface area contributed by atoms with Crippen LogP contribution in [0.15, 0.2) is 35.2 Å². The third-order valence-corrected chi connectivity index (χ3v) is 7.88. The molecule has 0 aliphatic carbocycles. The minimum Gasteiger partial charge on any atom is -0.324 e. The summed E-state index contributed by atoms with van der Waals surface area (Å²) in [5.41, 5.74) is 2.89. The highest BCUT2D eigenvalue weighted by molar-refractivity contribution is 7.89. The highest BCUT2D eigenvalue weighted by Crippen LogP contribution is 2.30. The summed E-state index contributed by atoms with van der Waals surface area (Å²) in [6.45, 7) is 6.10. The van der Waals surface area contributed by atoms with E-state index in [2.05, 4.69) is 5.32 Å². The van der Waals surface area contributed by atoms with Gasteiger partial charge in [-0.25, -0.2) is 8.42 Å². The van der Waals surface area contributed by atoms with Crippen molar-refractivity contribution >= 4 is 44.8 Å². The van der Waals surface area contributed by atoms with Crippen LogP contribution in [0.1, 0.15) is 29.5 Å². The fourth-order valence-corrected chi connectivity index (χ4v) is 6.18. The zero-order valence-electron chi connectivity index (χ0n) is 16.6. The Labute approximate surface area is 182 Å². The van der Waals surface area contributed by atoms with Gasteiger partial charge in [-0.3, -0.25) is 4.79 Å². The van der Waals surface area contributed by atoms with Crippen LogP contribution in [0.25, 0.3) is 0 Å². The van der Waals surface area contributed by atoms with Gasteiger partial charge in [0.15, 0.2) is 0 Å². The molecule has 156 valence electrons. The molecule has 1 amide bonds. The van der Waals surface area contributed by atoms with Gasteiger partial charge in [-0.1, -0.05) is 40.9 Å². The number of amides is 1. The van der Waals surface area contributed by atoms with Crippen molar-refractivity contribution in [2.24, 2.45) is 5.92 Å². The zero-order valence-corrected chi connectivity index (χ0v) is 19.0. The SMILES string of the molecule is Cc1cc(C)c(S(=O)(=O)N2CCC[C@@H](C(=O)Nc3cc(Cl)ccc3Cl)C2)c(C)c1. The number of rotatable bonds is 4. The van der Waals surface area contributed by atoms with Crippen molar-refractivity contribution in [1.29, 1.82) is 0 Å². The predicted molar refractivity (Wildman–Crippen MR) is 117 cm³/mol. The maximum atomic E-state index is 13.3. The maximum Gasteiger partial charge on any atom is 0.243 e. The number of sulfonamides is 1. The Balaban J connectivity index is 1.81. The van der Waals surface area contributed by atoms with E-state index in [-0.39, 0.29) is 12.5 Å². The van der Waals surface area contributed by atoms with Crippen LogP contribution < -0.4 is 5.32 Å². The van der Waals surface area contributed by atoms with Crippen LogP contribution in [0.3, 0.4) is 0 Å². The molecule has 1 aliphatic heterocycles. The Bertz CT molecular complexity index is 1030. The lowest BCUT2D eigenvalue weighted by Gasteiger charge is -2.32. The van der Waals surface area contributed by atoms with E-state index in [1.165, 1.54) is 4.31 Å². The Kier molecular flexibility index (Phi) is 6.58. The fourth-order valence-electron chi connectivity index (χ4n) is 3.91. The number of nitrogens with zero attached hydrogens (tertiary/aromatic N) is 1. The van der Waals surface area contributed by atoms with E-state index >= 15 is 0 Å². The summed E-state index contributed by atoms with van der Waals surface area (Å²) in [6.07, 6.45) is 1.23. The summed E-state index contributed by atoms with van der Waals surface area (Å²) in [5, 5.41) is 3.63. The van der Waals surface area contributed by atoms with Gasteiger partial charge in [0.1, 0.15) is 0 Å². The van der Waals surface area contributed by atoms with Crippen molar-refractivity contribution in [3.05, 3.63) is 57.1 Å². The van der Waals surface area contributed by atoms with Gasteiger partial charge >= 0.3 is 0 Å². The molecule has 2 aromatic carbocycles. The highest BCUT2D eigenvalue weighted by atomic mass is 35.5. The van der Waals surface area contributed by atoms with Crippen molar-refractivity contribution in [2.75, 3.05) is 18.4 Å². The van der Waals surface area contributed by atoms with Crippen LogP contribution in [-0.2, 0) is 14.8 Å². The Morgan fingerprint density at radius 1 is 1.10 bits per heavy atom. The van der Waals surface area contributed by atoms with Crippen molar-refractivity contribution in [3.63, 3.8) is 0 Å². The van der Waals surface area contributed by atoms with Crippen LogP contribution in [0, 0.1) is 26.7 Å². The van der Waals surface area contributed by atoms with E-state index in [4.69, 9.17) is 23.2 Å². The lowest BCUT2D eigenvalue weighted by Crippen LogP contribution is -2.44. The average Bonchev–Trinajstić information content (AvgIpc) is 2.63. The molecule has 0 saturated carbocycles. The molecule has 5 nitrogen and oxygen atoms in total. The molecule has 29 heavy (non-hydrogen) atoms. The first-order valence-corrected chi connectivity index (χ1v) is 11.6. The molecule has 1 saturated heterocycles. The first kappa shape index (κ1) is 22.1. The average molecular weight is 455 g/mol. The second kappa shape index (κ2) is 8.64. The van der Waals surface area contributed by atoms with E-state index in [1.807, 2.05) is 32.9 Å². The largest absolute Gasteiger partial charge is 0.324 e. The van der Waals surface area contributed by atoms with Gasteiger partial charge in [0.25, 0.3) is 0 Å². The molecule has 1 N–H and O–H groups in total. The van der Waals surface area contributed by atoms with Crippen LogP contribution in [0.5, 0.6) is 0 Å². The first-order chi connectivity index (χ1) is 13.6. The Morgan fingerprint density at radius 3 is 2.41 bits per heavy atom. The molecule has 0 aromatic heterocycles. The molecule has 1 atom stereocenters. The lowest BCUT2D eigenvalue weighted by molar-refractivity contribution is -0.120. The first-order valence-electron chi connectivity index (χ1n) is 9.43. The van der Waals surface area contributed by atoms with Gasteiger partial charge in [-0.2, -0.15) is 4.31 Å². The molecule has 1 fully saturated rings. The minimum absolute atomic E-state index is 0.138. The van der Waals surface area contributed by atoms with Crippen LogP contribution in [-0.4, -0.2) is 31.7 Å². The van der Waals surface area contributed by atoms with Crippen molar-refractivity contribution in [1.82, 2.24) is 4.31 Å². The van der Waals surface area contributed by atoms with Crippen LogP contribution in [0.2, 0.25) is 10.0 Å². The van der Waals surface area contributed by atoms with Gasteiger partial charge in [0, 0.05) is 18.1 Å². The fraction of sp³-hybridized carbons (Fsp3) is 0.381. The Morgan fingerprint density at radius 2 is 1.76 bits per heavy atom. The van der Waals surface area contributed by atoms with Gasteiger partial charge < -0.3 is 5.32 Å². The minimum atomic E-state index is -3.69. The predicted octanol–water partition coefficient (Wildman–Crippen LogP) is 4.96. The van der Waals surface area contributed by atoms with Crippen molar-refractivity contribution in [2.45, 2.75) is 38.5 Å². The molecule has 0 spiro atoms. The van der Waals surface area contributed by atoms with Gasteiger partial charge in [0.05, 0.1) is 21.5 Å². The van der Waals surface area contributed by atoms with Gasteiger partial charge in [0.2, 0.25) is 15.9 Å². The number of hydrogen-bond donors (Lipinski definition) is 1. The van der Waals surface area contributed by atoms with E-state index < -0.39 is 15.9 Å². The number of halogens is 2. The number of hydrogen-bond acceptors (Lipinski definition) is 3. The smallest absolute Gasteiger partial charge is 0.243 e. The standard InChI is InChI=1S/C21H24Cl2N2O3S/c1-13-9-14(2)20(15(3)10-13)29(27,28)25-8-4-5-16(12-25)21(26)24-19-11-17(22)6-7-18(19)23/h6-7,9-11,16H,4-5,8,12H2,1-3H3,(H,24,26)/t16-/m1/s1. The van der Waals surface area contributed by atoms with Gasteiger partial charge in [-0.15, -0.1) is 0 Å². The van der Waals surface area contributed by atoms with E-state index in [1.54, 1.807) is 18.2 Å². The number of piperidine rings is 1. The maximum absolute atomic E-state index is 13.3. The summed E-state index contributed by atoms with van der Waals surface area (Å²) in [6, 6.07) is 8.57. The molecule has 3 rings (SSSR count). The van der Waals surface area contributed by atoms with Crippen molar-refractivity contribution in [3.8, 4) is 0 Å². The lowest BCUT2D eigenvalue weighted by atomic mass is 9.98. The summed E-state index contributed by atoms with van der Waals surface area (Å²) in [4.78, 5) is 13.1. The van der Waals surface area contributed by atoms with E-state index in [0.29, 0.717) is 40.0 Å². The normalized spacial score (nSPS) is 17.9. The van der Waals surface area contributed by atoms with Crippen LogP contribution >= 0.6 is 23.2 Å². The number of carbonyl (C=O) groups is 1. The summed E-state index contributed by atoms with van der Waals surface area (Å²) < 4.78 is 28.1. The van der Waals surface area contributed by atoms with Crippen LogP contribution in [0.4, 0.5) is 5.69 Å². The Hall–Kier alpha value is -1.60. The van der Waals surface area contributed by atoms with E-state index in [0.717, 1.165) is 16.7 Å². The summed E-state index contributed by atoms with van der Waals surface area (Å²) in [7, 11) is -3.69. The molecular formula is C21H24Cl2N2O3S. The monoisotopic (exact) mass is 454 g/mol. The second-order valence-electron chi connectivity index (χ2n) is 7.54. The number of nitrogens with one attached hydrogen (secondary N) is 1. The zero-order chi connectivity index (χ0) is 21.3. The highest BCUT2D eigenvalue weighted by Gasteiger charge is 2.35.